The lowest BCUT2D eigenvalue weighted by Gasteiger charge is -2.38. The zero-order valence-electron chi connectivity index (χ0n) is 25.8. The molecule has 1 amide bonds. The third-order valence-electron chi connectivity index (χ3n) is 9.94. The van der Waals surface area contributed by atoms with E-state index >= 15 is 4.39 Å². The lowest BCUT2D eigenvalue weighted by atomic mass is 9.91. The van der Waals surface area contributed by atoms with E-state index in [0.29, 0.717) is 45.4 Å². The molecule has 4 saturated heterocycles. The predicted octanol–water partition coefficient (Wildman–Crippen LogP) is 5.77. The summed E-state index contributed by atoms with van der Waals surface area (Å²) in [6.07, 6.45) is -3.52. The second-order valence-corrected chi connectivity index (χ2v) is 13.5. The first-order chi connectivity index (χ1) is 22.2. The van der Waals surface area contributed by atoms with Crippen LogP contribution in [0.3, 0.4) is 0 Å². The number of ether oxygens (including phenoxy) is 2. The van der Waals surface area contributed by atoms with Gasteiger partial charge in [-0.1, -0.05) is 11.6 Å². The number of aryl methyl sites for hydroxylation is 1. The fourth-order valence-electron chi connectivity index (χ4n) is 7.75. The maximum Gasteiger partial charge on any atom is 0.418 e. The molecule has 10 nitrogen and oxygen atoms in total. The number of halogens is 6. The van der Waals surface area contributed by atoms with E-state index in [1.165, 1.54) is 17.9 Å². The van der Waals surface area contributed by atoms with Crippen LogP contribution in [0.2, 0.25) is 5.02 Å². The summed E-state index contributed by atoms with van der Waals surface area (Å²) in [5.74, 6) is -1.13. The zero-order valence-corrected chi connectivity index (χ0v) is 26.5. The smallest absolute Gasteiger partial charge is 0.418 e. The first-order valence-corrected chi connectivity index (χ1v) is 15.8. The number of nitrogens with zero attached hydrogens (tertiary/aromatic N) is 6. The lowest BCUT2D eigenvalue weighted by molar-refractivity contribution is -0.137. The first-order valence-electron chi connectivity index (χ1n) is 15.4. The van der Waals surface area contributed by atoms with E-state index in [2.05, 4.69) is 19.9 Å². The second-order valence-electron chi connectivity index (χ2n) is 13.1. The van der Waals surface area contributed by atoms with E-state index in [4.69, 9.17) is 26.8 Å². The molecule has 2 N–H and O–H groups in total. The molecule has 0 saturated carbocycles. The molecule has 1 spiro atoms. The lowest BCUT2D eigenvalue weighted by Crippen LogP contribution is -2.47. The van der Waals surface area contributed by atoms with E-state index in [1.54, 1.807) is 7.05 Å². The molecular weight excluding hydrogens is 649 g/mol. The standard InChI is InChI=1S/C31H33ClF5N7O3/c1-16-10-20(38)39-25(22(16)31(35,36)37)21-19(32)11-18-24(23(21)34)40-27(46-15-29-4-3-7-44(29)13-17(33)12-29)41-26(18)43-8-5-30(6-9-43)14-42(2)28(45)47-30/h10-11,17H,3-9,12-15H2,1-2H3,(H2,38,39)/t17-,29+/m1/s1. The molecule has 16 heteroatoms. The number of pyridine rings is 1. The Kier molecular flexibility index (Phi) is 7.58. The van der Waals surface area contributed by atoms with Crippen LogP contribution in [0.15, 0.2) is 12.1 Å². The molecule has 252 valence electrons. The number of fused-ring (bicyclic) bond motifs is 2. The number of hydrogen-bond donors (Lipinski definition) is 1. The number of carbonyl (C=O) groups excluding carboxylic acids is 1. The van der Waals surface area contributed by atoms with Gasteiger partial charge in [0.05, 0.1) is 33.9 Å². The number of alkyl halides is 4. The summed E-state index contributed by atoms with van der Waals surface area (Å²) in [5.41, 5.74) is 1.50. The van der Waals surface area contributed by atoms with Crippen molar-refractivity contribution in [2.45, 2.75) is 62.5 Å². The number of nitrogens with two attached hydrogens (primary N) is 1. The van der Waals surface area contributed by atoms with Gasteiger partial charge in [0.25, 0.3) is 0 Å². The van der Waals surface area contributed by atoms with Gasteiger partial charge in [-0.05, 0) is 44.0 Å². The minimum absolute atomic E-state index is 0.0556. The quantitative estimate of drug-likeness (QED) is 0.336. The van der Waals surface area contributed by atoms with Gasteiger partial charge in [-0.25, -0.2) is 18.6 Å². The number of aromatic nitrogens is 3. The second kappa shape index (κ2) is 11.2. The highest BCUT2D eigenvalue weighted by Crippen LogP contribution is 2.46. The molecule has 0 radical (unpaired) electrons. The fraction of sp³-hybridized carbons (Fsp3) is 0.548. The Morgan fingerprint density at radius 3 is 2.57 bits per heavy atom. The topological polar surface area (TPSA) is 110 Å². The summed E-state index contributed by atoms with van der Waals surface area (Å²) < 4.78 is 85.7. The van der Waals surface area contributed by atoms with Crippen molar-refractivity contribution in [3.05, 3.63) is 34.1 Å². The van der Waals surface area contributed by atoms with Crippen molar-refractivity contribution in [1.82, 2.24) is 24.8 Å². The Bertz CT molecular complexity index is 1770. The molecule has 4 aliphatic heterocycles. The van der Waals surface area contributed by atoms with Gasteiger partial charge in [0.15, 0.2) is 5.82 Å². The Hall–Kier alpha value is -3.72. The van der Waals surface area contributed by atoms with Crippen LogP contribution in [0.1, 0.15) is 43.2 Å². The minimum atomic E-state index is -4.89. The zero-order chi connectivity index (χ0) is 33.5. The van der Waals surface area contributed by atoms with E-state index < -0.39 is 52.2 Å². The van der Waals surface area contributed by atoms with E-state index in [-0.39, 0.29) is 52.2 Å². The number of nitrogen functional groups attached to an aromatic ring is 1. The van der Waals surface area contributed by atoms with Crippen molar-refractivity contribution >= 4 is 40.2 Å². The summed E-state index contributed by atoms with van der Waals surface area (Å²) in [4.78, 5) is 30.4. The molecule has 2 atom stereocenters. The van der Waals surface area contributed by atoms with Crippen LogP contribution in [-0.4, -0.2) is 94.5 Å². The Morgan fingerprint density at radius 2 is 1.89 bits per heavy atom. The number of rotatable bonds is 5. The third kappa shape index (κ3) is 5.44. The van der Waals surface area contributed by atoms with Gasteiger partial charge in [0.2, 0.25) is 0 Å². The number of hydrogen-bond acceptors (Lipinski definition) is 9. The highest BCUT2D eigenvalue weighted by molar-refractivity contribution is 6.34. The SMILES string of the molecule is Cc1cc(N)nc(-c2c(Cl)cc3c(N4CCC5(CC4)CN(C)C(=O)O5)nc(OC[C@@]45CCCN4C[C@H](F)C5)nc3c2F)c1C(F)(F)F. The van der Waals surface area contributed by atoms with Crippen molar-refractivity contribution in [3.63, 3.8) is 0 Å². The molecule has 4 fully saturated rings. The van der Waals surface area contributed by atoms with Crippen LogP contribution < -0.4 is 15.4 Å². The fourth-order valence-corrected chi connectivity index (χ4v) is 8.03. The third-order valence-corrected chi connectivity index (χ3v) is 10.2. The van der Waals surface area contributed by atoms with Crippen molar-refractivity contribution in [3.8, 4) is 17.3 Å². The van der Waals surface area contributed by atoms with E-state index in [0.717, 1.165) is 19.0 Å². The maximum absolute atomic E-state index is 16.7. The van der Waals surface area contributed by atoms with Gasteiger partial charge >= 0.3 is 18.3 Å². The number of benzene rings is 1. The monoisotopic (exact) mass is 681 g/mol. The van der Waals surface area contributed by atoms with Crippen molar-refractivity contribution < 1.29 is 36.2 Å². The number of likely N-dealkylation sites (N-methyl/N-ethyl adjacent to an activating group) is 1. The Balaban J connectivity index is 1.33. The molecule has 2 aromatic heterocycles. The molecule has 4 aliphatic rings. The highest BCUT2D eigenvalue weighted by atomic mass is 35.5. The first kappa shape index (κ1) is 31.9. The van der Waals surface area contributed by atoms with Gasteiger partial charge in [-0.3, -0.25) is 4.90 Å². The predicted molar refractivity (Wildman–Crippen MR) is 164 cm³/mol. The summed E-state index contributed by atoms with van der Waals surface area (Å²) in [7, 11) is 1.66. The molecule has 1 aromatic carbocycles. The van der Waals surface area contributed by atoms with Gasteiger partial charge in [-0.15, -0.1) is 0 Å². The van der Waals surface area contributed by atoms with Crippen LogP contribution in [0, 0.1) is 12.7 Å². The molecule has 0 aliphatic carbocycles. The van der Waals surface area contributed by atoms with Crippen LogP contribution in [0.4, 0.5) is 38.4 Å². The summed E-state index contributed by atoms with van der Waals surface area (Å²) in [6.45, 7) is 3.44. The molecule has 6 heterocycles. The minimum Gasteiger partial charge on any atom is -0.461 e. The highest BCUT2D eigenvalue weighted by Gasteiger charge is 2.50. The number of anilines is 2. The van der Waals surface area contributed by atoms with Gasteiger partial charge < -0.3 is 25.0 Å². The largest absolute Gasteiger partial charge is 0.461 e. The van der Waals surface area contributed by atoms with Gasteiger partial charge in [0.1, 0.15) is 35.5 Å². The van der Waals surface area contributed by atoms with Gasteiger partial charge in [0, 0.05) is 51.3 Å². The maximum atomic E-state index is 16.7. The normalized spacial score (nSPS) is 24.4. The number of carbonyl (C=O) groups is 1. The summed E-state index contributed by atoms with van der Waals surface area (Å²) >= 11 is 6.57. The van der Waals surface area contributed by atoms with Crippen LogP contribution in [-0.2, 0) is 10.9 Å². The summed E-state index contributed by atoms with van der Waals surface area (Å²) in [6, 6.07) is 2.18. The number of piperidine rings is 1. The van der Waals surface area contributed by atoms with Crippen LogP contribution >= 0.6 is 11.6 Å². The van der Waals surface area contributed by atoms with Crippen molar-refractivity contribution in [2.75, 3.05) is 57.0 Å². The average Bonchev–Trinajstić information content (AvgIpc) is 3.60. The molecule has 3 aromatic rings. The Morgan fingerprint density at radius 1 is 1.15 bits per heavy atom. The summed E-state index contributed by atoms with van der Waals surface area (Å²) in [5, 5.41) is -0.184. The Labute approximate surface area is 272 Å². The molecule has 7 rings (SSSR count). The van der Waals surface area contributed by atoms with E-state index in [9.17, 15) is 22.4 Å². The molecule has 0 unspecified atom stereocenters. The van der Waals surface area contributed by atoms with E-state index in [1.807, 2.05) is 4.90 Å². The van der Waals surface area contributed by atoms with Crippen LogP contribution in [0.5, 0.6) is 6.01 Å². The van der Waals surface area contributed by atoms with Crippen molar-refractivity contribution in [1.29, 1.82) is 0 Å². The van der Waals surface area contributed by atoms with Gasteiger partial charge in [-0.2, -0.15) is 23.1 Å². The number of amides is 1. The molecular formula is C31H33ClF5N7O3. The van der Waals surface area contributed by atoms with Crippen LogP contribution in [0.25, 0.3) is 22.2 Å². The molecule has 47 heavy (non-hydrogen) atoms. The van der Waals surface area contributed by atoms with Crippen molar-refractivity contribution in [2.24, 2.45) is 0 Å². The molecule has 0 bridgehead atoms. The average molecular weight is 682 g/mol.